The number of hydrogen-bond acceptors (Lipinski definition) is 3. The van der Waals surface area contributed by atoms with E-state index in [1.807, 2.05) is 12.1 Å². The van der Waals surface area contributed by atoms with Crippen LogP contribution in [0.2, 0.25) is 0 Å². The number of halogens is 1. The molecule has 0 unspecified atom stereocenters. The van der Waals surface area contributed by atoms with Crippen molar-refractivity contribution in [2.24, 2.45) is 0 Å². The number of carbonyl (C=O) groups is 2. The Kier molecular flexibility index (Phi) is 5.21. The minimum absolute atomic E-state index is 0.00485. The maximum Gasteiger partial charge on any atom is 0.253 e. The molecule has 2 amide bonds. The third-order valence-electron chi connectivity index (χ3n) is 4.47. The van der Waals surface area contributed by atoms with Crippen LogP contribution >= 0.6 is 0 Å². The number of hydrogen-bond donors (Lipinski definition) is 0. The topological polar surface area (TPSA) is 49.9 Å². The van der Waals surface area contributed by atoms with Crippen molar-refractivity contribution in [3.05, 3.63) is 59.4 Å². The van der Waals surface area contributed by atoms with Crippen molar-refractivity contribution in [2.75, 3.05) is 31.6 Å². The molecule has 0 bridgehead atoms. The van der Waals surface area contributed by atoms with Gasteiger partial charge in [0.2, 0.25) is 5.91 Å². The highest BCUT2D eigenvalue weighted by atomic mass is 19.1. The Balaban J connectivity index is 1.60. The second-order valence-corrected chi connectivity index (χ2v) is 6.27. The maximum absolute atomic E-state index is 13.5. The first-order valence-electron chi connectivity index (χ1n) is 8.51. The number of likely N-dealkylation sites (N-methyl/N-ethyl adjacent to an activating group) is 1. The number of fused-ring (bicyclic) bond motifs is 1. The lowest BCUT2D eigenvalue weighted by Crippen LogP contribution is -2.31. The van der Waals surface area contributed by atoms with Crippen molar-refractivity contribution in [3.8, 4) is 5.75 Å². The van der Waals surface area contributed by atoms with Gasteiger partial charge in [-0.3, -0.25) is 9.59 Å². The van der Waals surface area contributed by atoms with Gasteiger partial charge in [-0.2, -0.15) is 0 Å². The van der Waals surface area contributed by atoms with E-state index in [0.717, 1.165) is 17.7 Å². The maximum atomic E-state index is 13.5. The van der Waals surface area contributed by atoms with Gasteiger partial charge in [0.15, 0.2) is 11.6 Å². The summed E-state index contributed by atoms with van der Waals surface area (Å²) in [6.45, 7) is 2.72. The Morgan fingerprint density at radius 1 is 1.23 bits per heavy atom. The smallest absolute Gasteiger partial charge is 0.253 e. The summed E-state index contributed by atoms with van der Waals surface area (Å²) >= 11 is 0. The fraction of sp³-hybridized carbons (Fsp3) is 0.300. The molecule has 2 aromatic rings. The molecule has 0 saturated heterocycles. The van der Waals surface area contributed by atoms with Gasteiger partial charge in [0, 0.05) is 31.8 Å². The van der Waals surface area contributed by atoms with E-state index in [9.17, 15) is 14.0 Å². The Morgan fingerprint density at radius 2 is 2.00 bits per heavy atom. The molecular weight excluding hydrogens is 335 g/mol. The third kappa shape index (κ3) is 3.69. The number of ether oxygens (including phenoxy) is 1. The molecule has 1 aliphatic rings. The van der Waals surface area contributed by atoms with Crippen LogP contribution in [0, 0.1) is 5.82 Å². The monoisotopic (exact) mass is 356 g/mol. The predicted molar refractivity (Wildman–Crippen MR) is 97.0 cm³/mol. The highest BCUT2D eigenvalue weighted by Gasteiger charge is 2.23. The first-order valence-corrected chi connectivity index (χ1v) is 8.51. The Hall–Kier alpha value is -2.89. The van der Waals surface area contributed by atoms with Crippen molar-refractivity contribution in [1.29, 1.82) is 0 Å². The zero-order chi connectivity index (χ0) is 18.7. The molecular formula is C20H21FN2O3. The van der Waals surface area contributed by atoms with E-state index in [1.54, 1.807) is 41.1 Å². The summed E-state index contributed by atoms with van der Waals surface area (Å²) in [6.07, 6.45) is 0.746. The van der Waals surface area contributed by atoms with Crippen molar-refractivity contribution in [3.63, 3.8) is 0 Å². The highest BCUT2D eigenvalue weighted by molar-refractivity contribution is 5.97. The molecule has 1 heterocycles. The fourth-order valence-electron chi connectivity index (χ4n) is 3.04. The molecule has 1 aliphatic heterocycles. The largest absolute Gasteiger partial charge is 0.489 e. The number of rotatable bonds is 5. The highest BCUT2D eigenvalue weighted by Crippen LogP contribution is 2.29. The summed E-state index contributed by atoms with van der Waals surface area (Å²) in [7, 11) is 1.68. The SMILES string of the molecule is CC(=O)N1CCc2cc(C(=O)N(C)CCOc3ccccc3F)ccc21. The summed E-state index contributed by atoms with van der Waals surface area (Å²) in [5, 5.41) is 0. The molecule has 6 heteroatoms. The molecule has 5 nitrogen and oxygen atoms in total. The molecule has 26 heavy (non-hydrogen) atoms. The lowest BCUT2D eigenvalue weighted by Gasteiger charge is -2.19. The first kappa shape index (κ1) is 17.9. The molecule has 0 N–H and O–H groups in total. The van der Waals surface area contributed by atoms with Crippen LogP contribution in [-0.4, -0.2) is 43.5 Å². The molecule has 0 spiro atoms. The summed E-state index contributed by atoms with van der Waals surface area (Å²) in [5.41, 5.74) is 2.45. The molecule has 136 valence electrons. The predicted octanol–water partition coefficient (Wildman–Crippen LogP) is 2.89. The lowest BCUT2D eigenvalue weighted by atomic mass is 10.1. The van der Waals surface area contributed by atoms with Gasteiger partial charge < -0.3 is 14.5 Å². The Labute approximate surface area is 152 Å². The van der Waals surface area contributed by atoms with E-state index in [1.165, 1.54) is 13.0 Å². The van der Waals surface area contributed by atoms with Gasteiger partial charge in [0.25, 0.3) is 5.91 Å². The second-order valence-electron chi connectivity index (χ2n) is 6.27. The molecule has 0 aromatic heterocycles. The molecule has 0 aliphatic carbocycles. The molecule has 0 atom stereocenters. The van der Waals surface area contributed by atoms with E-state index in [2.05, 4.69) is 0 Å². The standard InChI is InChI=1S/C20H21FN2O3/c1-14(24)23-10-9-15-13-16(7-8-18(15)23)20(25)22(2)11-12-26-19-6-4-3-5-17(19)21/h3-8,13H,9-12H2,1-2H3. The van der Waals surface area contributed by atoms with Gasteiger partial charge in [-0.05, 0) is 42.3 Å². The molecule has 0 fully saturated rings. The van der Waals surface area contributed by atoms with E-state index >= 15 is 0 Å². The van der Waals surface area contributed by atoms with E-state index < -0.39 is 5.82 Å². The van der Waals surface area contributed by atoms with Gasteiger partial charge in [0.05, 0.1) is 6.54 Å². The van der Waals surface area contributed by atoms with Gasteiger partial charge in [-0.25, -0.2) is 4.39 Å². The number of anilines is 1. The molecule has 0 radical (unpaired) electrons. The number of para-hydroxylation sites is 1. The molecule has 2 aromatic carbocycles. The van der Waals surface area contributed by atoms with Gasteiger partial charge in [-0.1, -0.05) is 12.1 Å². The van der Waals surface area contributed by atoms with Crippen LogP contribution in [0.5, 0.6) is 5.75 Å². The van der Waals surface area contributed by atoms with Gasteiger partial charge in [-0.15, -0.1) is 0 Å². The van der Waals surface area contributed by atoms with E-state index in [-0.39, 0.29) is 24.2 Å². The van der Waals surface area contributed by atoms with Crippen LogP contribution < -0.4 is 9.64 Å². The molecule has 3 rings (SSSR count). The normalized spacial score (nSPS) is 12.7. The second kappa shape index (κ2) is 7.56. The van der Waals surface area contributed by atoms with Crippen molar-refractivity contribution >= 4 is 17.5 Å². The van der Waals surface area contributed by atoms with Crippen LogP contribution in [0.3, 0.4) is 0 Å². The zero-order valence-corrected chi connectivity index (χ0v) is 14.9. The zero-order valence-electron chi connectivity index (χ0n) is 14.9. The van der Waals surface area contributed by atoms with Crippen molar-refractivity contribution < 1.29 is 18.7 Å². The average molecular weight is 356 g/mol. The van der Waals surface area contributed by atoms with Crippen LogP contribution in [0.15, 0.2) is 42.5 Å². The van der Waals surface area contributed by atoms with Gasteiger partial charge >= 0.3 is 0 Å². The van der Waals surface area contributed by atoms with Crippen molar-refractivity contribution in [1.82, 2.24) is 4.90 Å². The summed E-state index contributed by atoms with van der Waals surface area (Å²) in [4.78, 5) is 27.4. The van der Waals surface area contributed by atoms with E-state index in [0.29, 0.717) is 18.7 Å². The summed E-state index contributed by atoms with van der Waals surface area (Å²) in [5.74, 6) is -0.373. The number of nitrogens with zero attached hydrogens (tertiary/aromatic N) is 2. The lowest BCUT2D eigenvalue weighted by molar-refractivity contribution is -0.116. The number of amides is 2. The van der Waals surface area contributed by atoms with Crippen LogP contribution in [0.1, 0.15) is 22.8 Å². The van der Waals surface area contributed by atoms with E-state index in [4.69, 9.17) is 4.74 Å². The quantitative estimate of drug-likeness (QED) is 0.828. The number of carbonyl (C=O) groups excluding carboxylic acids is 2. The Bertz CT molecular complexity index is 838. The minimum atomic E-state index is -0.421. The molecule has 0 saturated carbocycles. The summed E-state index contributed by atoms with van der Waals surface area (Å²) in [6, 6.07) is 11.6. The van der Waals surface area contributed by atoms with Crippen LogP contribution in [0.4, 0.5) is 10.1 Å². The van der Waals surface area contributed by atoms with Crippen LogP contribution in [0.25, 0.3) is 0 Å². The fourth-order valence-corrected chi connectivity index (χ4v) is 3.04. The Morgan fingerprint density at radius 3 is 2.73 bits per heavy atom. The third-order valence-corrected chi connectivity index (χ3v) is 4.47. The minimum Gasteiger partial charge on any atom is -0.489 e. The van der Waals surface area contributed by atoms with Crippen molar-refractivity contribution in [2.45, 2.75) is 13.3 Å². The summed E-state index contributed by atoms with van der Waals surface area (Å²) < 4.78 is 18.9. The first-order chi connectivity index (χ1) is 12.5. The van der Waals surface area contributed by atoms with Crippen LogP contribution in [-0.2, 0) is 11.2 Å². The average Bonchev–Trinajstić information content (AvgIpc) is 3.06. The van der Waals surface area contributed by atoms with Gasteiger partial charge in [0.1, 0.15) is 6.61 Å². The number of benzene rings is 2.